The van der Waals surface area contributed by atoms with Crippen LogP contribution < -0.4 is 27.1 Å². The number of benzene rings is 1. The van der Waals surface area contributed by atoms with Gasteiger partial charge in [-0.15, -0.1) is 0 Å². The Balaban J connectivity index is 0.000000607. The minimum Gasteiger partial charge on any atom is -0.494 e. The average Bonchev–Trinajstić information content (AvgIpc) is 3.16. The normalized spacial score (nSPS) is 10.8. The summed E-state index contributed by atoms with van der Waals surface area (Å²) in [6.07, 6.45) is 7.56. The van der Waals surface area contributed by atoms with Gasteiger partial charge >= 0.3 is 0 Å². The average molecular weight is 386 g/mol. The number of hydrogen-bond acceptors (Lipinski definition) is 4. The molecule has 1 aliphatic rings. The summed E-state index contributed by atoms with van der Waals surface area (Å²) < 4.78 is 0. The van der Waals surface area contributed by atoms with Gasteiger partial charge in [0.2, 0.25) is 5.88 Å². The van der Waals surface area contributed by atoms with Crippen molar-refractivity contribution in [3.8, 4) is 0 Å². The van der Waals surface area contributed by atoms with E-state index in [0.29, 0.717) is 5.69 Å². The number of aromatic amines is 2. The molecule has 3 rings (SSSR count). The van der Waals surface area contributed by atoms with Crippen molar-refractivity contribution < 1.29 is 5.11 Å². The van der Waals surface area contributed by atoms with Gasteiger partial charge in [0.1, 0.15) is 5.48 Å². The lowest BCUT2D eigenvalue weighted by Gasteiger charge is -2.03. The standard InChI is InChI=1S/C12H11N3O3.C6H8.2C2H6/c1-7-13-10(16)9(11(17)14-7)12(18)15-8-5-3-2-4-6-8;1-6-4-2-3-5-6;2*1-2/h2-6,15,18H,1H2,(H,13,16)(H,14,17);2-4H,5H2,1H3;2*1-2H3. The number of aliphatic hydroxyl groups excluding tert-OH is 1. The lowest BCUT2D eigenvalue weighted by atomic mass is 10.3. The number of para-hydroxylation sites is 1. The Morgan fingerprint density at radius 2 is 1.57 bits per heavy atom. The molecule has 0 saturated heterocycles. The quantitative estimate of drug-likeness (QED) is 0.638. The third-order valence-corrected chi connectivity index (χ3v) is 3.21. The van der Waals surface area contributed by atoms with E-state index in [1.807, 2.05) is 27.7 Å². The van der Waals surface area contributed by atoms with Crippen LogP contribution in [0.25, 0.3) is 12.5 Å². The van der Waals surface area contributed by atoms with Crippen LogP contribution in [0.2, 0.25) is 0 Å². The SMILES string of the molecule is C=c1[nH]c(=O)c(=C(O)Nc2ccccc2)c(=O)[nH]1.CC.CC.CC1=CC=CC1. The van der Waals surface area contributed by atoms with Gasteiger partial charge in [-0.2, -0.15) is 0 Å². The molecule has 0 bridgehead atoms. The van der Waals surface area contributed by atoms with Gasteiger partial charge in [-0.25, -0.2) is 0 Å². The van der Waals surface area contributed by atoms with E-state index in [1.54, 1.807) is 30.3 Å². The molecular formula is C22H31N3O3. The van der Waals surface area contributed by atoms with Crippen LogP contribution in [0.1, 0.15) is 41.0 Å². The molecule has 0 atom stereocenters. The zero-order chi connectivity index (χ0) is 21.5. The highest BCUT2D eigenvalue weighted by molar-refractivity contribution is 5.58. The molecule has 1 aliphatic carbocycles. The highest BCUT2D eigenvalue weighted by atomic mass is 16.3. The van der Waals surface area contributed by atoms with Crippen LogP contribution in [0.15, 0.2) is 63.7 Å². The van der Waals surface area contributed by atoms with Crippen LogP contribution in [0.4, 0.5) is 5.69 Å². The smallest absolute Gasteiger partial charge is 0.267 e. The molecule has 28 heavy (non-hydrogen) atoms. The maximum absolute atomic E-state index is 11.6. The van der Waals surface area contributed by atoms with E-state index in [0.717, 1.165) is 0 Å². The summed E-state index contributed by atoms with van der Waals surface area (Å²) in [6, 6.07) is 8.69. The number of allylic oxidation sites excluding steroid dienone is 4. The van der Waals surface area contributed by atoms with Crippen molar-refractivity contribution >= 4 is 18.1 Å². The van der Waals surface area contributed by atoms with Gasteiger partial charge in [-0.05, 0) is 25.5 Å². The first-order chi connectivity index (χ1) is 13.5. The number of aromatic nitrogens is 2. The zero-order valence-corrected chi connectivity index (χ0v) is 17.3. The summed E-state index contributed by atoms with van der Waals surface area (Å²) in [5.41, 5.74) is 0.707. The van der Waals surface area contributed by atoms with Gasteiger partial charge in [0.25, 0.3) is 11.1 Å². The molecule has 0 unspecified atom stereocenters. The number of aliphatic hydroxyl groups is 1. The molecule has 4 N–H and O–H groups in total. The Morgan fingerprint density at radius 1 is 1.04 bits per heavy atom. The first kappa shape index (κ1) is 24.7. The minimum absolute atomic E-state index is 0.0845. The van der Waals surface area contributed by atoms with Crippen LogP contribution in [-0.4, -0.2) is 15.1 Å². The van der Waals surface area contributed by atoms with E-state index in [1.165, 1.54) is 12.0 Å². The first-order valence-corrected chi connectivity index (χ1v) is 9.36. The number of hydrogen-bond donors (Lipinski definition) is 4. The molecule has 0 aliphatic heterocycles. The fraction of sp³-hybridized carbons (Fsp3) is 0.273. The number of anilines is 1. The summed E-state index contributed by atoms with van der Waals surface area (Å²) in [5.74, 6) is -0.510. The summed E-state index contributed by atoms with van der Waals surface area (Å²) in [7, 11) is 0. The highest BCUT2D eigenvalue weighted by Gasteiger charge is 2.04. The van der Waals surface area contributed by atoms with E-state index < -0.39 is 17.0 Å². The Morgan fingerprint density at radius 3 is 1.96 bits per heavy atom. The second-order valence-electron chi connectivity index (χ2n) is 5.25. The Hall–Kier alpha value is -3.28. The van der Waals surface area contributed by atoms with Gasteiger partial charge < -0.3 is 20.4 Å². The largest absolute Gasteiger partial charge is 0.494 e. The van der Waals surface area contributed by atoms with Gasteiger partial charge in [0.05, 0.1) is 0 Å². The van der Waals surface area contributed by atoms with Crippen molar-refractivity contribution in [1.29, 1.82) is 0 Å². The van der Waals surface area contributed by atoms with Crippen molar-refractivity contribution in [1.82, 2.24) is 9.97 Å². The maximum atomic E-state index is 11.6. The molecule has 1 aromatic heterocycles. The topological polar surface area (TPSA) is 98.0 Å². The van der Waals surface area contributed by atoms with E-state index in [9.17, 15) is 14.7 Å². The lowest BCUT2D eigenvalue weighted by Crippen LogP contribution is -2.49. The van der Waals surface area contributed by atoms with Crippen molar-refractivity contribution in [2.45, 2.75) is 41.0 Å². The van der Waals surface area contributed by atoms with Crippen LogP contribution >= 0.6 is 0 Å². The fourth-order valence-electron chi connectivity index (χ4n) is 2.02. The van der Waals surface area contributed by atoms with Gasteiger partial charge in [-0.1, -0.05) is 76.3 Å². The Kier molecular flexibility index (Phi) is 12.2. The third kappa shape index (κ3) is 8.40. The number of nitrogens with one attached hydrogen (secondary N) is 3. The van der Waals surface area contributed by atoms with Crippen LogP contribution in [0, 0.1) is 0 Å². The second-order valence-corrected chi connectivity index (χ2v) is 5.25. The summed E-state index contributed by atoms with van der Waals surface area (Å²) in [5, 5.41) is 12.0. The van der Waals surface area contributed by atoms with E-state index in [4.69, 9.17) is 0 Å². The highest BCUT2D eigenvalue weighted by Crippen LogP contribution is 2.07. The monoisotopic (exact) mass is 385 g/mol. The van der Waals surface area contributed by atoms with Crippen molar-refractivity contribution in [3.05, 3.63) is 85.5 Å². The predicted octanol–water partition coefficient (Wildman–Crippen LogP) is 3.15. The van der Waals surface area contributed by atoms with Crippen LogP contribution in [0.5, 0.6) is 0 Å². The van der Waals surface area contributed by atoms with Crippen molar-refractivity contribution in [2.24, 2.45) is 0 Å². The molecule has 0 amide bonds. The lowest BCUT2D eigenvalue weighted by molar-refractivity contribution is 0.500. The summed E-state index contributed by atoms with van der Waals surface area (Å²) in [4.78, 5) is 27.7. The predicted molar refractivity (Wildman–Crippen MR) is 119 cm³/mol. The molecule has 0 spiro atoms. The second kappa shape index (κ2) is 13.9. The minimum atomic E-state index is -0.704. The van der Waals surface area contributed by atoms with Crippen LogP contribution in [-0.2, 0) is 0 Å². The molecule has 1 aromatic carbocycles. The van der Waals surface area contributed by atoms with Crippen LogP contribution in [0.3, 0.4) is 0 Å². The zero-order valence-electron chi connectivity index (χ0n) is 17.3. The molecule has 6 nitrogen and oxygen atoms in total. The van der Waals surface area contributed by atoms with Gasteiger partial charge in [0.15, 0.2) is 5.22 Å². The molecule has 1 heterocycles. The van der Waals surface area contributed by atoms with Gasteiger partial charge in [0, 0.05) is 5.69 Å². The fourth-order valence-corrected chi connectivity index (χ4v) is 2.02. The molecule has 0 saturated carbocycles. The summed E-state index contributed by atoms with van der Waals surface area (Å²) >= 11 is 0. The first-order valence-electron chi connectivity index (χ1n) is 9.36. The third-order valence-electron chi connectivity index (χ3n) is 3.21. The Bertz CT molecular complexity index is 947. The maximum Gasteiger partial charge on any atom is 0.267 e. The number of H-pyrrole nitrogens is 2. The molecule has 152 valence electrons. The van der Waals surface area contributed by atoms with Gasteiger partial charge in [-0.3, -0.25) is 9.59 Å². The Labute approximate surface area is 165 Å². The van der Waals surface area contributed by atoms with E-state index in [2.05, 4.69) is 47.0 Å². The molecule has 2 aromatic rings. The van der Waals surface area contributed by atoms with Crippen molar-refractivity contribution in [2.75, 3.05) is 5.32 Å². The van der Waals surface area contributed by atoms with E-state index in [-0.39, 0.29) is 10.7 Å². The van der Waals surface area contributed by atoms with E-state index >= 15 is 0 Å². The summed E-state index contributed by atoms with van der Waals surface area (Å²) in [6.45, 7) is 13.5. The molecular weight excluding hydrogens is 354 g/mol. The molecule has 6 heteroatoms. The number of rotatable bonds is 2. The molecule has 0 fully saturated rings. The van der Waals surface area contributed by atoms with Crippen molar-refractivity contribution in [3.63, 3.8) is 0 Å². The molecule has 0 radical (unpaired) electrons.